The molecule has 1 aromatic rings. The standard InChI is InChI=1S/C16H19N3O3/c20-15-18-10-14(16(6-7-16)8-13(18)9-17-21)19(15)22-11-12-4-2-1-3-5-12/h1-5,9,13-14,21H,6-8,10-11H2/b17-9+. The molecule has 3 aliphatic rings. The molecular weight excluding hydrogens is 282 g/mol. The first-order valence-corrected chi connectivity index (χ1v) is 7.68. The molecule has 2 heterocycles. The number of hydrogen-bond donors (Lipinski definition) is 1. The smallest absolute Gasteiger partial charge is 0.344 e. The fourth-order valence-corrected chi connectivity index (χ4v) is 3.75. The Morgan fingerprint density at radius 3 is 2.82 bits per heavy atom. The van der Waals surface area contributed by atoms with Crippen molar-refractivity contribution in [2.45, 2.75) is 38.0 Å². The van der Waals surface area contributed by atoms with Crippen molar-refractivity contribution in [2.24, 2.45) is 10.6 Å². The minimum absolute atomic E-state index is 0.116. The van der Waals surface area contributed by atoms with Crippen LogP contribution in [0.25, 0.3) is 0 Å². The molecule has 1 N–H and O–H groups in total. The normalized spacial score (nSPS) is 28.8. The van der Waals surface area contributed by atoms with Crippen LogP contribution in [0.4, 0.5) is 4.79 Å². The summed E-state index contributed by atoms with van der Waals surface area (Å²) in [7, 11) is 0. The molecule has 4 rings (SSSR count). The zero-order valence-electron chi connectivity index (χ0n) is 12.3. The van der Waals surface area contributed by atoms with Gasteiger partial charge in [-0.2, -0.15) is 5.06 Å². The second-order valence-electron chi connectivity index (χ2n) is 6.43. The lowest BCUT2D eigenvalue weighted by molar-refractivity contribution is -0.153. The van der Waals surface area contributed by atoms with Crippen molar-refractivity contribution in [1.82, 2.24) is 9.96 Å². The monoisotopic (exact) mass is 301 g/mol. The predicted molar refractivity (Wildman–Crippen MR) is 79.3 cm³/mol. The van der Waals surface area contributed by atoms with Gasteiger partial charge in [0.1, 0.15) is 6.61 Å². The molecule has 6 nitrogen and oxygen atoms in total. The van der Waals surface area contributed by atoms with Crippen LogP contribution in [0.1, 0.15) is 24.8 Å². The molecule has 2 unspecified atom stereocenters. The van der Waals surface area contributed by atoms with Crippen molar-refractivity contribution in [1.29, 1.82) is 0 Å². The fourth-order valence-electron chi connectivity index (χ4n) is 3.75. The number of piperidine rings is 1. The van der Waals surface area contributed by atoms with E-state index >= 15 is 0 Å². The number of oxime groups is 1. The lowest BCUT2D eigenvalue weighted by atomic mass is 9.86. The molecule has 116 valence electrons. The number of fused-ring (bicyclic) bond motifs is 3. The highest BCUT2D eigenvalue weighted by molar-refractivity contribution is 5.82. The summed E-state index contributed by atoms with van der Waals surface area (Å²) < 4.78 is 0. The molecule has 2 bridgehead atoms. The van der Waals surface area contributed by atoms with E-state index in [2.05, 4.69) is 5.16 Å². The van der Waals surface area contributed by atoms with E-state index in [4.69, 9.17) is 10.0 Å². The maximum absolute atomic E-state index is 12.6. The number of rotatable bonds is 4. The average Bonchev–Trinajstić information content (AvgIpc) is 3.24. The molecule has 3 fully saturated rings. The van der Waals surface area contributed by atoms with Crippen LogP contribution in [0.3, 0.4) is 0 Å². The van der Waals surface area contributed by atoms with Gasteiger partial charge in [0, 0.05) is 6.54 Å². The number of carbonyl (C=O) groups excluding carboxylic acids is 1. The van der Waals surface area contributed by atoms with Crippen LogP contribution in [0.15, 0.2) is 35.5 Å². The Bertz CT molecular complexity index is 600. The first-order valence-electron chi connectivity index (χ1n) is 7.68. The van der Waals surface area contributed by atoms with E-state index in [0.717, 1.165) is 24.8 Å². The second-order valence-corrected chi connectivity index (χ2v) is 6.43. The summed E-state index contributed by atoms with van der Waals surface area (Å²) in [6.07, 6.45) is 4.55. The predicted octanol–water partition coefficient (Wildman–Crippen LogP) is 2.24. The molecule has 2 aliphatic heterocycles. The summed E-state index contributed by atoms with van der Waals surface area (Å²) in [5.41, 5.74) is 1.19. The molecule has 2 amide bonds. The lowest BCUT2D eigenvalue weighted by Crippen LogP contribution is -2.46. The molecule has 22 heavy (non-hydrogen) atoms. The van der Waals surface area contributed by atoms with Crippen LogP contribution in [0.5, 0.6) is 0 Å². The Hall–Kier alpha value is -2.08. The number of hydroxylamine groups is 2. The molecule has 2 atom stereocenters. The Morgan fingerprint density at radius 2 is 2.14 bits per heavy atom. The Labute approximate surface area is 128 Å². The third-order valence-corrected chi connectivity index (χ3v) is 5.15. The van der Waals surface area contributed by atoms with E-state index in [0.29, 0.717) is 13.2 Å². The van der Waals surface area contributed by atoms with Gasteiger partial charge in [0.05, 0.1) is 18.3 Å². The fraction of sp³-hybridized carbons (Fsp3) is 0.500. The Morgan fingerprint density at radius 1 is 1.36 bits per heavy atom. The van der Waals surface area contributed by atoms with Gasteiger partial charge >= 0.3 is 6.03 Å². The summed E-state index contributed by atoms with van der Waals surface area (Å²) in [5, 5.41) is 13.5. The largest absolute Gasteiger partial charge is 0.411 e. The van der Waals surface area contributed by atoms with Crippen molar-refractivity contribution in [3.63, 3.8) is 0 Å². The van der Waals surface area contributed by atoms with Crippen LogP contribution >= 0.6 is 0 Å². The molecule has 1 aliphatic carbocycles. The summed E-state index contributed by atoms with van der Waals surface area (Å²) in [5.74, 6) is 0. The van der Waals surface area contributed by atoms with Crippen LogP contribution in [0, 0.1) is 5.41 Å². The van der Waals surface area contributed by atoms with Crippen LogP contribution in [-0.2, 0) is 11.4 Å². The zero-order valence-corrected chi connectivity index (χ0v) is 12.3. The van der Waals surface area contributed by atoms with Crippen molar-refractivity contribution >= 4 is 12.2 Å². The number of carbonyl (C=O) groups is 1. The second kappa shape index (κ2) is 4.98. The van der Waals surface area contributed by atoms with E-state index in [9.17, 15) is 4.79 Å². The molecular formula is C16H19N3O3. The van der Waals surface area contributed by atoms with E-state index in [1.807, 2.05) is 30.3 Å². The minimum Gasteiger partial charge on any atom is -0.411 e. The van der Waals surface area contributed by atoms with Gasteiger partial charge in [-0.3, -0.25) is 4.84 Å². The van der Waals surface area contributed by atoms with Crippen molar-refractivity contribution in [3.05, 3.63) is 35.9 Å². The Balaban J connectivity index is 1.52. The van der Waals surface area contributed by atoms with Crippen molar-refractivity contribution in [2.75, 3.05) is 6.54 Å². The van der Waals surface area contributed by atoms with E-state index in [-0.39, 0.29) is 23.5 Å². The van der Waals surface area contributed by atoms with Gasteiger partial charge in [-0.05, 0) is 30.2 Å². The summed E-state index contributed by atoms with van der Waals surface area (Å²) in [4.78, 5) is 20.2. The average molecular weight is 301 g/mol. The summed E-state index contributed by atoms with van der Waals surface area (Å²) >= 11 is 0. The van der Waals surface area contributed by atoms with Gasteiger partial charge in [0.15, 0.2) is 0 Å². The SMILES string of the molecule is O=C1N2CC(N1OCc1ccccc1)C1(CC1)CC2/C=N/O. The quantitative estimate of drug-likeness (QED) is 0.527. The maximum atomic E-state index is 12.6. The number of amides is 2. The third kappa shape index (κ3) is 2.06. The molecule has 1 spiro atoms. The Kier molecular flexibility index (Phi) is 3.07. The summed E-state index contributed by atoms with van der Waals surface area (Å²) in [6.45, 7) is 1.05. The molecule has 1 aromatic carbocycles. The highest BCUT2D eigenvalue weighted by atomic mass is 16.7. The van der Waals surface area contributed by atoms with E-state index in [1.54, 1.807) is 9.96 Å². The number of hydrogen-bond acceptors (Lipinski definition) is 4. The summed E-state index contributed by atoms with van der Waals surface area (Å²) in [6, 6.07) is 9.73. The van der Waals surface area contributed by atoms with Gasteiger partial charge in [-0.15, -0.1) is 0 Å². The van der Waals surface area contributed by atoms with Gasteiger partial charge in [0.2, 0.25) is 0 Å². The van der Waals surface area contributed by atoms with E-state index < -0.39 is 0 Å². The molecule has 0 aromatic heterocycles. The van der Waals surface area contributed by atoms with Gasteiger partial charge in [-0.25, -0.2) is 4.79 Å². The van der Waals surface area contributed by atoms with Crippen LogP contribution in [0.2, 0.25) is 0 Å². The highest BCUT2D eigenvalue weighted by Crippen LogP contribution is 2.58. The lowest BCUT2D eigenvalue weighted by Gasteiger charge is -2.34. The van der Waals surface area contributed by atoms with Gasteiger partial charge in [-0.1, -0.05) is 35.5 Å². The van der Waals surface area contributed by atoms with Crippen molar-refractivity contribution < 1.29 is 14.8 Å². The molecule has 2 saturated heterocycles. The molecule has 0 radical (unpaired) electrons. The van der Waals surface area contributed by atoms with Crippen molar-refractivity contribution in [3.8, 4) is 0 Å². The van der Waals surface area contributed by atoms with Crippen LogP contribution < -0.4 is 0 Å². The maximum Gasteiger partial charge on any atom is 0.344 e. The van der Waals surface area contributed by atoms with Crippen LogP contribution in [-0.4, -0.2) is 46.0 Å². The van der Waals surface area contributed by atoms with E-state index in [1.165, 1.54) is 6.21 Å². The first kappa shape index (κ1) is 13.6. The highest BCUT2D eigenvalue weighted by Gasteiger charge is 2.62. The number of nitrogens with zero attached hydrogens (tertiary/aromatic N) is 3. The number of urea groups is 1. The molecule has 6 heteroatoms. The number of benzene rings is 1. The topological polar surface area (TPSA) is 65.4 Å². The zero-order chi connectivity index (χ0) is 15.2. The third-order valence-electron chi connectivity index (χ3n) is 5.15. The van der Waals surface area contributed by atoms with Gasteiger partial charge in [0.25, 0.3) is 0 Å². The first-order chi connectivity index (χ1) is 10.7. The minimum atomic E-state index is -0.124. The van der Waals surface area contributed by atoms with Gasteiger partial charge < -0.3 is 10.1 Å². The molecule has 1 saturated carbocycles.